The van der Waals surface area contributed by atoms with E-state index in [1.807, 2.05) is 6.08 Å². The van der Waals surface area contributed by atoms with Crippen molar-refractivity contribution in [2.24, 2.45) is 0 Å². The van der Waals surface area contributed by atoms with Crippen molar-refractivity contribution in [3.63, 3.8) is 0 Å². The first kappa shape index (κ1) is 11.7. The molecule has 1 unspecified atom stereocenters. The SMILES string of the molecule is C=CCC[SiH](CCBr)c1ccccc1. The maximum Gasteiger partial charge on any atom is 0.0719 e. The van der Waals surface area contributed by atoms with Gasteiger partial charge in [-0.3, -0.25) is 0 Å². The molecule has 1 aromatic rings. The van der Waals surface area contributed by atoms with Gasteiger partial charge in [0.2, 0.25) is 0 Å². The van der Waals surface area contributed by atoms with Crippen LogP contribution in [0.5, 0.6) is 0 Å². The molecular formula is C12H17BrSi. The zero-order valence-corrected chi connectivity index (χ0v) is 11.2. The number of benzene rings is 1. The Morgan fingerprint density at radius 2 is 1.93 bits per heavy atom. The molecule has 0 aromatic heterocycles. The normalized spacial score (nSPS) is 12.4. The molecule has 1 aromatic carbocycles. The van der Waals surface area contributed by atoms with Gasteiger partial charge in [0.05, 0.1) is 8.80 Å². The van der Waals surface area contributed by atoms with Crippen molar-refractivity contribution in [2.75, 3.05) is 5.33 Å². The molecule has 0 aliphatic carbocycles. The van der Waals surface area contributed by atoms with E-state index in [-0.39, 0.29) is 0 Å². The molecule has 0 radical (unpaired) electrons. The Hall–Kier alpha value is -0.343. The van der Waals surface area contributed by atoms with Crippen LogP contribution in [-0.4, -0.2) is 14.1 Å². The average molecular weight is 269 g/mol. The Labute approximate surface area is 96.8 Å². The first-order valence-corrected chi connectivity index (χ1v) is 8.43. The summed E-state index contributed by atoms with van der Waals surface area (Å²) in [6.07, 6.45) is 3.20. The van der Waals surface area contributed by atoms with E-state index in [9.17, 15) is 0 Å². The van der Waals surface area contributed by atoms with Crippen LogP contribution in [0.3, 0.4) is 0 Å². The number of rotatable bonds is 6. The van der Waals surface area contributed by atoms with Gasteiger partial charge < -0.3 is 0 Å². The molecule has 2 heteroatoms. The summed E-state index contributed by atoms with van der Waals surface area (Å²) in [6.45, 7) is 3.80. The van der Waals surface area contributed by atoms with E-state index in [2.05, 4.69) is 52.8 Å². The first-order valence-electron chi connectivity index (χ1n) is 5.10. The van der Waals surface area contributed by atoms with E-state index in [0.29, 0.717) is 0 Å². The van der Waals surface area contributed by atoms with Gasteiger partial charge in [-0.25, -0.2) is 0 Å². The monoisotopic (exact) mass is 268 g/mol. The number of hydrogen-bond acceptors (Lipinski definition) is 0. The highest BCUT2D eigenvalue weighted by Crippen LogP contribution is 2.06. The van der Waals surface area contributed by atoms with Crippen LogP contribution in [0.4, 0.5) is 0 Å². The van der Waals surface area contributed by atoms with E-state index in [1.165, 1.54) is 18.5 Å². The molecule has 76 valence electrons. The summed E-state index contributed by atoms with van der Waals surface area (Å²) in [7, 11) is -0.728. The minimum absolute atomic E-state index is 0.728. The van der Waals surface area contributed by atoms with Gasteiger partial charge in [0.25, 0.3) is 0 Å². The zero-order valence-electron chi connectivity index (χ0n) is 8.45. The third-order valence-electron chi connectivity index (χ3n) is 2.45. The Morgan fingerprint density at radius 3 is 2.50 bits per heavy atom. The van der Waals surface area contributed by atoms with Crippen LogP contribution in [-0.2, 0) is 0 Å². The number of hydrogen-bond donors (Lipinski definition) is 0. The fourth-order valence-corrected chi connectivity index (χ4v) is 5.93. The van der Waals surface area contributed by atoms with Gasteiger partial charge in [-0.2, -0.15) is 0 Å². The Bertz CT molecular complexity index is 258. The lowest BCUT2D eigenvalue weighted by molar-refractivity contribution is 1.18. The van der Waals surface area contributed by atoms with Crippen molar-refractivity contribution >= 4 is 29.9 Å². The molecule has 0 heterocycles. The molecule has 0 saturated carbocycles. The van der Waals surface area contributed by atoms with E-state index >= 15 is 0 Å². The molecule has 0 aliphatic rings. The van der Waals surface area contributed by atoms with E-state index in [4.69, 9.17) is 0 Å². The molecule has 0 aliphatic heterocycles. The highest BCUT2D eigenvalue weighted by atomic mass is 79.9. The van der Waals surface area contributed by atoms with Crippen LogP contribution >= 0.6 is 15.9 Å². The van der Waals surface area contributed by atoms with Crippen LogP contribution in [0.1, 0.15) is 6.42 Å². The van der Waals surface area contributed by atoms with Crippen LogP contribution in [0.25, 0.3) is 0 Å². The van der Waals surface area contributed by atoms with E-state index < -0.39 is 8.80 Å². The Morgan fingerprint density at radius 1 is 1.21 bits per heavy atom. The lowest BCUT2D eigenvalue weighted by Crippen LogP contribution is -2.29. The smallest absolute Gasteiger partial charge is 0.0719 e. The van der Waals surface area contributed by atoms with Gasteiger partial charge in [0.1, 0.15) is 0 Å². The highest BCUT2D eigenvalue weighted by molar-refractivity contribution is 9.09. The Balaban J connectivity index is 2.62. The van der Waals surface area contributed by atoms with Crippen LogP contribution in [0.2, 0.25) is 12.1 Å². The molecule has 14 heavy (non-hydrogen) atoms. The van der Waals surface area contributed by atoms with Crippen LogP contribution in [0.15, 0.2) is 43.0 Å². The standard InChI is InChI=1S/C12H17BrSi/c1-2-3-10-14(11-9-13)12-7-5-4-6-8-12/h2,4-8,14H,1,3,9-11H2. The fourth-order valence-electron chi connectivity index (χ4n) is 1.65. The third-order valence-corrected chi connectivity index (χ3v) is 7.09. The van der Waals surface area contributed by atoms with Gasteiger partial charge in [0.15, 0.2) is 0 Å². The van der Waals surface area contributed by atoms with Gasteiger partial charge in [0, 0.05) is 5.33 Å². The maximum absolute atomic E-state index is 3.80. The van der Waals surface area contributed by atoms with Crippen molar-refractivity contribution in [3.05, 3.63) is 43.0 Å². The largest absolute Gasteiger partial charge is 0.103 e. The maximum atomic E-state index is 3.80. The Kier molecular flexibility index (Phi) is 5.88. The molecule has 0 amide bonds. The number of allylic oxidation sites excluding steroid dienone is 1. The molecule has 0 N–H and O–H groups in total. The van der Waals surface area contributed by atoms with Crippen molar-refractivity contribution in [1.82, 2.24) is 0 Å². The molecule has 1 rings (SSSR count). The van der Waals surface area contributed by atoms with Gasteiger partial charge in [-0.15, -0.1) is 6.58 Å². The van der Waals surface area contributed by atoms with Crippen molar-refractivity contribution in [2.45, 2.75) is 18.5 Å². The summed E-state index contributed by atoms with van der Waals surface area (Å²) >= 11 is 3.55. The summed E-state index contributed by atoms with van der Waals surface area (Å²) in [5.74, 6) is 0. The molecule has 0 fully saturated rings. The highest BCUT2D eigenvalue weighted by Gasteiger charge is 2.10. The second kappa shape index (κ2) is 7.02. The topological polar surface area (TPSA) is 0 Å². The van der Waals surface area contributed by atoms with Crippen LogP contribution in [0, 0.1) is 0 Å². The lowest BCUT2D eigenvalue weighted by Gasteiger charge is -2.13. The zero-order chi connectivity index (χ0) is 10.2. The second-order valence-corrected chi connectivity index (χ2v) is 7.46. The van der Waals surface area contributed by atoms with E-state index in [1.54, 1.807) is 5.19 Å². The van der Waals surface area contributed by atoms with Gasteiger partial charge in [-0.1, -0.05) is 63.6 Å². The summed E-state index contributed by atoms with van der Waals surface area (Å²) in [5.41, 5.74) is 0. The lowest BCUT2D eigenvalue weighted by atomic mass is 10.4. The second-order valence-electron chi connectivity index (χ2n) is 3.45. The molecule has 0 bridgehead atoms. The van der Waals surface area contributed by atoms with E-state index in [0.717, 1.165) is 5.33 Å². The summed E-state index contributed by atoms with van der Waals surface area (Å²) in [6, 6.07) is 13.6. The predicted octanol–water partition coefficient (Wildman–Crippen LogP) is 3.09. The molecule has 0 saturated heterocycles. The van der Waals surface area contributed by atoms with Gasteiger partial charge >= 0.3 is 0 Å². The van der Waals surface area contributed by atoms with Crippen LogP contribution < -0.4 is 5.19 Å². The first-order chi connectivity index (χ1) is 6.88. The summed E-state index contributed by atoms with van der Waals surface area (Å²) in [5, 5.41) is 2.73. The molecule has 0 spiro atoms. The fraction of sp³-hybridized carbons (Fsp3) is 0.333. The van der Waals surface area contributed by atoms with Crippen molar-refractivity contribution in [3.8, 4) is 0 Å². The minimum Gasteiger partial charge on any atom is -0.103 e. The number of alkyl halides is 1. The third kappa shape index (κ3) is 3.80. The number of halogens is 1. The quantitative estimate of drug-likeness (QED) is 0.423. The molecule has 0 nitrogen and oxygen atoms in total. The van der Waals surface area contributed by atoms with Crippen molar-refractivity contribution < 1.29 is 0 Å². The summed E-state index contributed by atoms with van der Waals surface area (Å²) < 4.78 is 0. The minimum atomic E-state index is -0.728. The summed E-state index contributed by atoms with van der Waals surface area (Å²) in [4.78, 5) is 0. The van der Waals surface area contributed by atoms with Crippen molar-refractivity contribution in [1.29, 1.82) is 0 Å². The van der Waals surface area contributed by atoms with Gasteiger partial charge in [-0.05, 0) is 12.5 Å². The average Bonchev–Trinajstić information content (AvgIpc) is 2.25. The molecular weight excluding hydrogens is 252 g/mol. The molecule has 1 atom stereocenters. The predicted molar refractivity (Wildman–Crippen MR) is 71.4 cm³/mol.